The first-order valence-electron chi connectivity index (χ1n) is 5.31. The van der Waals surface area contributed by atoms with Crippen LogP contribution in [0.15, 0.2) is 41.0 Å². The molecule has 1 heterocycles. The van der Waals surface area contributed by atoms with Crippen molar-refractivity contribution in [2.75, 3.05) is 0 Å². The van der Waals surface area contributed by atoms with Crippen LogP contribution in [0, 0.1) is 17.1 Å². The van der Waals surface area contributed by atoms with Gasteiger partial charge in [-0.2, -0.15) is 5.26 Å². The first-order valence-corrected chi connectivity index (χ1v) is 5.69. The number of halogens is 2. The van der Waals surface area contributed by atoms with E-state index in [4.69, 9.17) is 21.3 Å². The third-order valence-electron chi connectivity index (χ3n) is 2.48. The van der Waals surface area contributed by atoms with Crippen LogP contribution < -0.4 is 5.32 Å². The van der Waals surface area contributed by atoms with E-state index in [2.05, 4.69) is 5.32 Å². The molecule has 92 valence electrons. The van der Waals surface area contributed by atoms with Crippen molar-refractivity contribution in [3.63, 3.8) is 0 Å². The highest BCUT2D eigenvalue weighted by molar-refractivity contribution is 6.31. The van der Waals surface area contributed by atoms with Crippen LogP contribution in [0.3, 0.4) is 0 Å². The van der Waals surface area contributed by atoms with Crippen LogP contribution in [0.2, 0.25) is 5.02 Å². The van der Waals surface area contributed by atoms with E-state index in [0.717, 1.165) is 0 Å². The van der Waals surface area contributed by atoms with Crippen molar-refractivity contribution >= 4 is 11.6 Å². The molecule has 1 aromatic carbocycles. The molecule has 0 amide bonds. The highest BCUT2D eigenvalue weighted by Gasteiger charge is 2.18. The zero-order valence-electron chi connectivity index (χ0n) is 9.36. The van der Waals surface area contributed by atoms with Gasteiger partial charge in [0.15, 0.2) is 0 Å². The third-order valence-corrected chi connectivity index (χ3v) is 2.81. The van der Waals surface area contributed by atoms with Gasteiger partial charge in [0.1, 0.15) is 17.6 Å². The van der Waals surface area contributed by atoms with Crippen LogP contribution in [-0.4, -0.2) is 0 Å². The second-order valence-electron chi connectivity index (χ2n) is 3.66. The number of benzene rings is 1. The Morgan fingerprint density at radius 2 is 2.22 bits per heavy atom. The molecule has 3 nitrogen and oxygen atoms in total. The van der Waals surface area contributed by atoms with Gasteiger partial charge in [-0.1, -0.05) is 17.7 Å². The molecule has 2 rings (SSSR count). The molecule has 0 fully saturated rings. The van der Waals surface area contributed by atoms with Gasteiger partial charge < -0.3 is 4.42 Å². The molecule has 18 heavy (non-hydrogen) atoms. The number of nitrogens with zero attached hydrogens (tertiary/aromatic N) is 1. The van der Waals surface area contributed by atoms with E-state index in [9.17, 15) is 4.39 Å². The number of furan rings is 1. The Morgan fingerprint density at radius 3 is 2.83 bits per heavy atom. The lowest BCUT2D eigenvalue weighted by atomic mass is 10.1. The molecule has 0 spiro atoms. The van der Waals surface area contributed by atoms with Crippen LogP contribution >= 0.6 is 11.6 Å². The first-order chi connectivity index (χ1) is 8.72. The quantitative estimate of drug-likeness (QED) is 0.920. The Hall–Kier alpha value is -1.83. The Balaban J connectivity index is 2.16. The molecule has 0 bridgehead atoms. The van der Waals surface area contributed by atoms with Crippen molar-refractivity contribution in [2.24, 2.45) is 0 Å². The summed E-state index contributed by atoms with van der Waals surface area (Å²) in [7, 11) is 0. The van der Waals surface area contributed by atoms with Crippen LogP contribution in [0.4, 0.5) is 4.39 Å². The maximum absolute atomic E-state index is 13.7. The molecule has 2 aromatic rings. The normalized spacial score (nSPS) is 12.1. The second kappa shape index (κ2) is 5.67. The lowest BCUT2D eigenvalue weighted by Gasteiger charge is -2.13. The molecule has 5 heteroatoms. The molecule has 1 aromatic heterocycles. The standard InChI is InChI=1S/C13H10ClFN2O/c14-10-4-1-5-11(15)13(10)12(7-16)17-8-9-3-2-6-18-9/h1-6,12,17H,8H2. The van der Waals surface area contributed by atoms with E-state index in [0.29, 0.717) is 12.3 Å². The predicted octanol–water partition coefficient (Wildman–Crippen LogP) is 3.43. The van der Waals surface area contributed by atoms with Crippen molar-refractivity contribution in [1.82, 2.24) is 5.32 Å². The maximum Gasteiger partial charge on any atom is 0.130 e. The van der Waals surface area contributed by atoms with E-state index < -0.39 is 11.9 Å². The monoisotopic (exact) mass is 264 g/mol. The Labute approximate surface area is 109 Å². The summed E-state index contributed by atoms with van der Waals surface area (Å²) in [5.74, 6) is 0.170. The summed E-state index contributed by atoms with van der Waals surface area (Å²) in [5, 5.41) is 12.2. The largest absolute Gasteiger partial charge is 0.468 e. The van der Waals surface area contributed by atoms with Crippen LogP contribution in [0.1, 0.15) is 17.4 Å². The van der Waals surface area contributed by atoms with Gasteiger partial charge in [-0.3, -0.25) is 5.32 Å². The van der Waals surface area contributed by atoms with E-state index in [1.807, 2.05) is 6.07 Å². The fourth-order valence-electron chi connectivity index (χ4n) is 1.61. The molecular formula is C13H10ClFN2O. The summed E-state index contributed by atoms with van der Waals surface area (Å²) in [6.45, 7) is 0.329. The molecule has 0 aliphatic rings. The lowest BCUT2D eigenvalue weighted by Crippen LogP contribution is -2.20. The maximum atomic E-state index is 13.7. The highest BCUT2D eigenvalue weighted by Crippen LogP contribution is 2.25. The van der Waals surface area contributed by atoms with Crippen molar-refractivity contribution in [1.29, 1.82) is 5.26 Å². The summed E-state index contributed by atoms with van der Waals surface area (Å²) < 4.78 is 18.8. The van der Waals surface area contributed by atoms with E-state index in [-0.39, 0.29) is 10.6 Å². The molecule has 0 saturated carbocycles. The van der Waals surface area contributed by atoms with Gasteiger partial charge in [-0.25, -0.2) is 4.39 Å². The number of hydrogen-bond donors (Lipinski definition) is 1. The van der Waals surface area contributed by atoms with Crippen molar-refractivity contribution in [3.05, 3.63) is 58.8 Å². The van der Waals surface area contributed by atoms with Crippen LogP contribution in [0.5, 0.6) is 0 Å². The van der Waals surface area contributed by atoms with Crippen molar-refractivity contribution in [2.45, 2.75) is 12.6 Å². The van der Waals surface area contributed by atoms with Gasteiger partial charge in [0.05, 0.1) is 18.9 Å². The van der Waals surface area contributed by atoms with Crippen LogP contribution in [-0.2, 0) is 6.54 Å². The Bertz CT molecular complexity index is 543. The van der Waals surface area contributed by atoms with Gasteiger partial charge >= 0.3 is 0 Å². The minimum atomic E-state index is -0.816. The fourth-order valence-corrected chi connectivity index (χ4v) is 1.89. The molecular weight excluding hydrogens is 255 g/mol. The lowest BCUT2D eigenvalue weighted by molar-refractivity contribution is 0.468. The average Bonchev–Trinajstić information content (AvgIpc) is 2.86. The molecule has 0 saturated heterocycles. The minimum absolute atomic E-state index is 0.160. The van der Waals surface area contributed by atoms with E-state index in [1.165, 1.54) is 18.4 Å². The summed E-state index contributed by atoms with van der Waals surface area (Å²) in [5.41, 5.74) is 0.160. The average molecular weight is 265 g/mol. The van der Waals surface area contributed by atoms with Gasteiger partial charge in [0, 0.05) is 10.6 Å². The van der Waals surface area contributed by atoms with Crippen LogP contribution in [0.25, 0.3) is 0 Å². The van der Waals surface area contributed by atoms with E-state index in [1.54, 1.807) is 18.2 Å². The Morgan fingerprint density at radius 1 is 1.39 bits per heavy atom. The minimum Gasteiger partial charge on any atom is -0.468 e. The SMILES string of the molecule is N#CC(NCc1ccco1)c1c(F)cccc1Cl. The van der Waals surface area contributed by atoms with Gasteiger partial charge in [0.25, 0.3) is 0 Å². The molecule has 1 atom stereocenters. The molecule has 0 aliphatic heterocycles. The Kier molecular flexibility index (Phi) is 3.98. The first kappa shape index (κ1) is 12.6. The summed E-state index contributed by atoms with van der Waals surface area (Å²) in [6.07, 6.45) is 1.54. The molecule has 0 radical (unpaired) electrons. The molecule has 1 N–H and O–H groups in total. The molecule has 1 unspecified atom stereocenters. The summed E-state index contributed by atoms with van der Waals surface area (Å²) in [6, 6.07) is 9.02. The summed E-state index contributed by atoms with van der Waals surface area (Å²) >= 11 is 5.91. The number of hydrogen-bond acceptors (Lipinski definition) is 3. The highest BCUT2D eigenvalue weighted by atomic mass is 35.5. The number of rotatable bonds is 4. The topological polar surface area (TPSA) is 49.0 Å². The van der Waals surface area contributed by atoms with Gasteiger partial charge in [-0.05, 0) is 24.3 Å². The van der Waals surface area contributed by atoms with Gasteiger partial charge in [0.2, 0.25) is 0 Å². The van der Waals surface area contributed by atoms with Crippen molar-refractivity contribution < 1.29 is 8.81 Å². The van der Waals surface area contributed by atoms with E-state index >= 15 is 0 Å². The fraction of sp³-hybridized carbons (Fsp3) is 0.154. The smallest absolute Gasteiger partial charge is 0.130 e. The zero-order chi connectivity index (χ0) is 13.0. The number of nitriles is 1. The zero-order valence-corrected chi connectivity index (χ0v) is 10.1. The third kappa shape index (κ3) is 2.70. The van der Waals surface area contributed by atoms with Gasteiger partial charge in [-0.15, -0.1) is 0 Å². The molecule has 0 aliphatic carbocycles. The predicted molar refractivity (Wildman–Crippen MR) is 65.3 cm³/mol. The van der Waals surface area contributed by atoms with Crippen molar-refractivity contribution in [3.8, 4) is 6.07 Å². The number of nitrogens with one attached hydrogen (secondary N) is 1. The summed E-state index contributed by atoms with van der Waals surface area (Å²) in [4.78, 5) is 0. The second-order valence-corrected chi connectivity index (χ2v) is 4.06.